The van der Waals surface area contributed by atoms with Gasteiger partial charge in [0.2, 0.25) is 0 Å². The van der Waals surface area contributed by atoms with Crippen LogP contribution in [0, 0.1) is 12.8 Å². The first kappa shape index (κ1) is 14.2. The summed E-state index contributed by atoms with van der Waals surface area (Å²) in [7, 11) is 1.74. The van der Waals surface area contributed by atoms with Gasteiger partial charge < -0.3 is 15.4 Å². The fourth-order valence-corrected chi connectivity index (χ4v) is 3.19. The number of piperidine rings is 1. The molecule has 1 atom stereocenters. The standard InChI is InChI=1S/C16H26N2O/c1-12-5-6-15(19-4)14(9-12)18-8-7-13(11-17)10-16(18,2)3/h5-6,9,13H,7-8,10-11,17H2,1-4H3. The average molecular weight is 262 g/mol. The number of hydrogen-bond acceptors (Lipinski definition) is 3. The van der Waals surface area contributed by atoms with Crippen LogP contribution in [-0.2, 0) is 0 Å². The number of nitrogens with zero attached hydrogens (tertiary/aromatic N) is 1. The number of benzene rings is 1. The van der Waals surface area contributed by atoms with E-state index in [0.717, 1.165) is 31.7 Å². The van der Waals surface area contributed by atoms with E-state index < -0.39 is 0 Å². The van der Waals surface area contributed by atoms with Gasteiger partial charge in [0, 0.05) is 12.1 Å². The molecular formula is C16H26N2O. The van der Waals surface area contributed by atoms with Gasteiger partial charge in [-0.2, -0.15) is 0 Å². The molecule has 3 heteroatoms. The van der Waals surface area contributed by atoms with E-state index >= 15 is 0 Å². The minimum atomic E-state index is 0.128. The third kappa shape index (κ3) is 2.86. The molecule has 0 aromatic heterocycles. The minimum absolute atomic E-state index is 0.128. The maximum Gasteiger partial charge on any atom is 0.142 e. The van der Waals surface area contributed by atoms with Crippen LogP contribution < -0.4 is 15.4 Å². The van der Waals surface area contributed by atoms with Crippen molar-refractivity contribution in [3.8, 4) is 5.75 Å². The monoisotopic (exact) mass is 262 g/mol. The van der Waals surface area contributed by atoms with Crippen LogP contribution in [0.15, 0.2) is 18.2 Å². The predicted octanol–water partition coefficient (Wildman–Crippen LogP) is 2.96. The smallest absolute Gasteiger partial charge is 0.142 e. The van der Waals surface area contributed by atoms with Gasteiger partial charge in [0.25, 0.3) is 0 Å². The Kier molecular flexibility index (Phi) is 4.04. The maximum absolute atomic E-state index is 5.85. The van der Waals surface area contributed by atoms with Crippen molar-refractivity contribution in [1.82, 2.24) is 0 Å². The van der Waals surface area contributed by atoms with Crippen molar-refractivity contribution >= 4 is 5.69 Å². The van der Waals surface area contributed by atoms with Crippen molar-refractivity contribution in [2.45, 2.75) is 39.2 Å². The first-order chi connectivity index (χ1) is 8.97. The van der Waals surface area contributed by atoms with Gasteiger partial charge in [-0.1, -0.05) is 6.07 Å². The molecule has 1 aromatic rings. The number of rotatable bonds is 3. The third-order valence-electron chi connectivity index (χ3n) is 4.24. The molecule has 1 aliphatic heterocycles. The summed E-state index contributed by atoms with van der Waals surface area (Å²) in [5, 5.41) is 0. The molecule has 106 valence electrons. The van der Waals surface area contributed by atoms with Gasteiger partial charge in [-0.15, -0.1) is 0 Å². The predicted molar refractivity (Wildman–Crippen MR) is 80.9 cm³/mol. The van der Waals surface area contributed by atoms with Crippen LogP contribution in [0.2, 0.25) is 0 Å². The lowest BCUT2D eigenvalue weighted by atomic mass is 9.82. The lowest BCUT2D eigenvalue weighted by molar-refractivity contribution is 0.276. The Labute approximate surface area is 116 Å². The zero-order valence-electron chi connectivity index (χ0n) is 12.6. The Balaban J connectivity index is 2.33. The second-order valence-corrected chi connectivity index (χ2v) is 6.23. The highest BCUT2D eigenvalue weighted by molar-refractivity contribution is 5.61. The van der Waals surface area contributed by atoms with E-state index in [0.29, 0.717) is 5.92 Å². The number of nitrogens with two attached hydrogens (primary N) is 1. The van der Waals surface area contributed by atoms with Gasteiger partial charge in [-0.3, -0.25) is 0 Å². The van der Waals surface area contributed by atoms with Crippen molar-refractivity contribution in [1.29, 1.82) is 0 Å². The Morgan fingerprint density at radius 1 is 1.42 bits per heavy atom. The molecule has 0 radical (unpaired) electrons. The molecule has 2 N–H and O–H groups in total. The Morgan fingerprint density at radius 2 is 2.16 bits per heavy atom. The number of hydrogen-bond donors (Lipinski definition) is 1. The second kappa shape index (κ2) is 5.41. The van der Waals surface area contributed by atoms with E-state index in [1.165, 1.54) is 11.3 Å². The topological polar surface area (TPSA) is 38.5 Å². The number of ether oxygens (including phenoxy) is 1. The highest BCUT2D eigenvalue weighted by atomic mass is 16.5. The average Bonchev–Trinajstić information content (AvgIpc) is 2.37. The van der Waals surface area contributed by atoms with Crippen molar-refractivity contribution in [3.05, 3.63) is 23.8 Å². The zero-order valence-corrected chi connectivity index (χ0v) is 12.6. The second-order valence-electron chi connectivity index (χ2n) is 6.23. The van der Waals surface area contributed by atoms with Crippen LogP contribution >= 0.6 is 0 Å². The summed E-state index contributed by atoms with van der Waals surface area (Å²) in [5.74, 6) is 1.60. The van der Waals surface area contributed by atoms with Gasteiger partial charge in [0.1, 0.15) is 5.75 Å². The van der Waals surface area contributed by atoms with Crippen LogP contribution in [0.3, 0.4) is 0 Å². The van der Waals surface area contributed by atoms with E-state index in [-0.39, 0.29) is 5.54 Å². The molecule has 1 heterocycles. The molecule has 0 aliphatic carbocycles. The molecule has 19 heavy (non-hydrogen) atoms. The lowest BCUT2D eigenvalue weighted by Crippen LogP contribution is -2.51. The first-order valence-electron chi connectivity index (χ1n) is 7.10. The van der Waals surface area contributed by atoms with E-state index in [1.807, 2.05) is 0 Å². The van der Waals surface area contributed by atoms with Gasteiger partial charge in [0.15, 0.2) is 0 Å². The maximum atomic E-state index is 5.85. The number of methoxy groups -OCH3 is 1. The Morgan fingerprint density at radius 3 is 2.74 bits per heavy atom. The molecule has 1 aliphatic rings. The summed E-state index contributed by atoms with van der Waals surface area (Å²) < 4.78 is 5.53. The van der Waals surface area contributed by atoms with Crippen LogP contribution in [0.5, 0.6) is 5.75 Å². The third-order valence-corrected chi connectivity index (χ3v) is 4.24. The molecule has 1 fully saturated rings. The van der Waals surface area contributed by atoms with Crippen molar-refractivity contribution in [2.24, 2.45) is 11.7 Å². The van der Waals surface area contributed by atoms with Gasteiger partial charge >= 0.3 is 0 Å². The van der Waals surface area contributed by atoms with Gasteiger partial charge in [-0.05, 0) is 63.8 Å². The Bertz CT molecular complexity index is 442. The molecule has 0 spiro atoms. The highest BCUT2D eigenvalue weighted by Crippen LogP contribution is 2.39. The molecule has 0 saturated carbocycles. The normalized spacial score (nSPS) is 22.4. The lowest BCUT2D eigenvalue weighted by Gasteiger charge is -2.47. The first-order valence-corrected chi connectivity index (χ1v) is 7.10. The van der Waals surface area contributed by atoms with Crippen LogP contribution in [-0.4, -0.2) is 25.7 Å². The van der Waals surface area contributed by atoms with Crippen molar-refractivity contribution in [2.75, 3.05) is 25.1 Å². The molecule has 0 bridgehead atoms. The molecule has 1 aromatic carbocycles. The summed E-state index contributed by atoms with van der Waals surface area (Å²) in [6, 6.07) is 6.39. The summed E-state index contributed by atoms with van der Waals surface area (Å²) >= 11 is 0. The van der Waals surface area contributed by atoms with Gasteiger partial charge in [-0.25, -0.2) is 0 Å². The van der Waals surface area contributed by atoms with E-state index in [1.54, 1.807) is 7.11 Å². The van der Waals surface area contributed by atoms with Crippen molar-refractivity contribution < 1.29 is 4.74 Å². The largest absolute Gasteiger partial charge is 0.495 e. The zero-order chi connectivity index (χ0) is 14.0. The molecule has 1 saturated heterocycles. The van der Waals surface area contributed by atoms with Crippen LogP contribution in [0.1, 0.15) is 32.3 Å². The van der Waals surface area contributed by atoms with Crippen LogP contribution in [0.25, 0.3) is 0 Å². The molecule has 2 rings (SSSR count). The molecule has 3 nitrogen and oxygen atoms in total. The summed E-state index contributed by atoms with van der Waals surface area (Å²) in [4.78, 5) is 2.48. The molecule has 0 amide bonds. The van der Waals surface area contributed by atoms with Gasteiger partial charge in [0.05, 0.1) is 12.8 Å². The van der Waals surface area contributed by atoms with E-state index in [2.05, 4.69) is 43.9 Å². The van der Waals surface area contributed by atoms with E-state index in [9.17, 15) is 0 Å². The summed E-state index contributed by atoms with van der Waals surface area (Å²) in [6.07, 6.45) is 2.30. The Hall–Kier alpha value is -1.22. The minimum Gasteiger partial charge on any atom is -0.495 e. The number of anilines is 1. The molecular weight excluding hydrogens is 236 g/mol. The highest BCUT2D eigenvalue weighted by Gasteiger charge is 2.35. The van der Waals surface area contributed by atoms with E-state index in [4.69, 9.17) is 10.5 Å². The quantitative estimate of drug-likeness (QED) is 0.910. The van der Waals surface area contributed by atoms with Crippen LogP contribution in [0.4, 0.5) is 5.69 Å². The SMILES string of the molecule is COc1ccc(C)cc1N1CCC(CN)CC1(C)C. The summed E-state index contributed by atoms with van der Waals surface area (Å²) in [5.41, 5.74) is 8.46. The molecule has 1 unspecified atom stereocenters. The fourth-order valence-electron chi connectivity index (χ4n) is 3.19. The summed E-state index contributed by atoms with van der Waals surface area (Å²) in [6.45, 7) is 8.58. The fraction of sp³-hybridized carbons (Fsp3) is 0.625. The van der Waals surface area contributed by atoms with Crippen molar-refractivity contribution in [3.63, 3.8) is 0 Å². The number of aryl methyl sites for hydroxylation is 1.